The predicted octanol–water partition coefficient (Wildman–Crippen LogP) is 2.53. The van der Waals surface area contributed by atoms with Crippen molar-refractivity contribution in [1.82, 2.24) is 4.72 Å². The number of carbonyl (C=O) groups is 1. The van der Waals surface area contributed by atoms with Crippen LogP contribution in [0.25, 0.3) is 0 Å². The summed E-state index contributed by atoms with van der Waals surface area (Å²) in [6.07, 6.45) is 1.54. The second kappa shape index (κ2) is 9.12. The molecule has 0 aliphatic rings. The number of nitrogens with one attached hydrogen (secondary N) is 1. The molecule has 0 fully saturated rings. The van der Waals surface area contributed by atoms with E-state index in [1.54, 1.807) is 31.2 Å². The normalized spacial score (nSPS) is 12.9. The number of sulfonamides is 1. The molecule has 1 aromatic rings. The Kier molecular flexibility index (Phi) is 7.85. The van der Waals surface area contributed by atoms with Gasteiger partial charge in [0.25, 0.3) is 0 Å². The first-order valence-corrected chi connectivity index (χ1v) is 9.32. The molecule has 0 amide bonds. The van der Waals surface area contributed by atoms with Gasteiger partial charge in [-0.2, -0.15) is 0 Å². The van der Waals surface area contributed by atoms with Crippen LogP contribution in [0, 0.1) is 0 Å². The molecule has 1 N–H and O–H groups in total. The largest absolute Gasteiger partial charge is 0.465 e. The minimum atomic E-state index is -3.51. The fourth-order valence-corrected chi connectivity index (χ4v) is 3.41. The second-order valence-corrected chi connectivity index (χ2v) is 7.24. The van der Waals surface area contributed by atoms with Crippen molar-refractivity contribution in [1.29, 1.82) is 0 Å². The van der Waals surface area contributed by atoms with Crippen molar-refractivity contribution in [2.24, 2.45) is 0 Å². The van der Waals surface area contributed by atoms with E-state index in [0.717, 1.165) is 12.0 Å². The summed E-state index contributed by atoms with van der Waals surface area (Å²) in [6, 6.07) is 5.99. The van der Waals surface area contributed by atoms with Gasteiger partial charge in [-0.25, -0.2) is 13.1 Å². The third kappa shape index (κ3) is 6.77. The van der Waals surface area contributed by atoms with Crippen molar-refractivity contribution in [3.8, 4) is 0 Å². The monoisotopic (exact) mass is 347 g/mol. The Morgan fingerprint density at radius 2 is 1.91 bits per heavy atom. The number of ether oxygens (including phenoxy) is 1. The van der Waals surface area contributed by atoms with E-state index < -0.39 is 22.0 Å². The molecule has 0 heterocycles. The molecular weight excluding hydrogens is 326 g/mol. The van der Waals surface area contributed by atoms with Gasteiger partial charge in [0.1, 0.15) is 6.04 Å². The second-order valence-electron chi connectivity index (χ2n) is 4.93. The van der Waals surface area contributed by atoms with Crippen molar-refractivity contribution in [3.05, 3.63) is 34.9 Å². The zero-order chi connectivity index (χ0) is 16.6. The van der Waals surface area contributed by atoms with Crippen LogP contribution in [0.1, 0.15) is 32.3 Å². The Labute approximate surface area is 137 Å². The molecule has 7 heteroatoms. The molecule has 0 aliphatic carbocycles. The minimum Gasteiger partial charge on any atom is -0.465 e. The van der Waals surface area contributed by atoms with Gasteiger partial charge in [0.05, 0.1) is 12.4 Å². The first-order valence-electron chi connectivity index (χ1n) is 7.29. The molecule has 0 saturated carbocycles. The lowest BCUT2D eigenvalue weighted by atomic mass is 10.1. The molecule has 124 valence electrons. The maximum absolute atomic E-state index is 12.0. The quantitative estimate of drug-likeness (QED) is 0.697. The molecule has 0 bridgehead atoms. The van der Waals surface area contributed by atoms with Crippen LogP contribution < -0.4 is 4.72 Å². The van der Waals surface area contributed by atoms with Gasteiger partial charge in [0.2, 0.25) is 10.0 Å². The smallest absolute Gasteiger partial charge is 0.324 e. The van der Waals surface area contributed by atoms with Crippen molar-refractivity contribution in [2.75, 3.05) is 12.4 Å². The Morgan fingerprint density at radius 1 is 1.27 bits per heavy atom. The zero-order valence-corrected chi connectivity index (χ0v) is 14.4. The van der Waals surface area contributed by atoms with E-state index in [2.05, 4.69) is 4.72 Å². The first-order chi connectivity index (χ1) is 10.4. The molecule has 0 aliphatic heterocycles. The standard InChI is InChI=1S/C15H22ClNO4S/c1-3-5-10-22(19,20)17-14(15(18)21-4-2)11-12-6-8-13(16)9-7-12/h6-9,14,17H,3-5,10-11H2,1-2H3/t14-/m0/s1. The summed E-state index contributed by atoms with van der Waals surface area (Å²) in [5, 5.41) is 0.583. The number of hydrogen-bond acceptors (Lipinski definition) is 4. The molecule has 5 nitrogen and oxygen atoms in total. The number of unbranched alkanes of at least 4 members (excludes halogenated alkanes) is 1. The van der Waals surface area contributed by atoms with E-state index >= 15 is 0 Å². The molecule has 1 rings (SSSR count). The van der Waals surface area contributed by atoms with Gasteiger partial charge in [-0.05, 0) is 37.5 Å². The van der Waals surface area contributed by atoms with E-state index in [0.29, 0.717) is 11.4 Å². The van der Waals surface area contributed by atoms with Crippen LogP contribution in [0.15, 0.2) is 24.3 Å². The Morgan fingerprint density at radius 3 is 2.45 bits per heavy atom. The van der Waals surface area contributed by atoms with Crippen LogP contribution in [0.2, 0.25) is 5.02 Å². The van der Waals surface area contributed by atoms with Gasteiger partial charge >= 0.3 is 5.97 Å². The predicted molar refractivity (Wildman–Crippen MR) is 87.4 cm³/mol. The summed E-state index contributed by atoms with van der Waals surface area (Å²) >= 11 is 5.82. The number of halogens is 1. The van der Waals surface area contributed by atoms with Crippen molar-refractivity contribution in [2.45, 2.75) is 39.2 Å². The number of hydrogen-bond donors (Lipinski definition) is 1. The summed E-state index contributed by atoms with van der Waals surface area (Å²) in [5.41, 5.74) is 0.806. The van der Waals surface area contributed by atoms with Gasteiger partial charge in [0.15, 0.2) is 0 Å². The van der Waals surface area contributed by atoms with Crippen molar-refractivity contribution >= 4 is 27.6 Å². The number of carbonyl (C=O) groups excluding carboxylic acids is 1. The van der Waals surface area contributed by atoms with Crippen LogP contribution in [0.4, 0.5) is 0 Å². The van der Waals surface area contributed by atoms with E-state index in [1.165, 1.54) is 0 Å². The highest BCUT2D eigenvalue weighted by molar-refractivity contribution is 7.89. The molecule has 0 saturated heterocycles. The van der Waals surface area contributed by atoms with Gasteiger partial charge in [-0.1, -0.05) is 37.1 Å². The third-order valence-corrected chi connectivity index (χ3v) is 4.73. The molecule has 22 heavy (non-hydrogen) atoms. The van der Waals surface area contributed by atoms with Crippen LogP contribution in [-0.4, -0.2) is 32.8 Å². The Hall–Kier alpha value is -1.11. The highest BCUT2D eigenvalue weighted by atomic mass is 35.5. The van der Waals surface area contributed by atoms with Gasteiger partial charge in [0, 0.05) is 5.02 Å². The van der Waals surface area contributed by atoms with Gasteiger partial charge in [-0.3, -0.25) is 4.79 Å². The zero-order valence-electron chi connectivity index (χ0n) is 12.8. The first kappa shape index (κ1) is 18.9. The minimum absolute atomic E-state index is 0.0000226. The molecule has 1 aromatic carbocycles. The Balaban J connectivity index is 2.84. The van der Waals surface area contributed by atoms with Crippen LogP contribution in [0.5, 0.6) is 0 Å². The van der Waals surface area contributed by atoms with E-state index in [9.17, 15) is 13.2 Å². The average Bonchev–Trinajstić information content (AvgIpc) is 2.47. The maximum Gasteiger partial charge on any atom is 0.324 e. The van der Waals surface area contributed by atoms with Gasteiger partial charge in [-0.15, -0.1) is 0 Å². The summed E-state index contributed by atoms with van der Waals surface area (Å²) in [7, 11) is -3.51. The molecular formula is C15H22ClNO4S. The summed E-state index contributed by atoms with van der Waals surface area (Å²) in [4.78, 5) is 12.0. The van der Waals surface area contributed by atoms with Crippen molar-refractivity contribution < 1.29 is 17.9 Å². The average molecular weight is 348 g/mol. The lowest BCUT2D eigenvalue weighted by Crippen LogP contribution is -2.44. The lowest BCUT2D eigenvalue weighted by Gasteiger charge is -2.17. The number of esters is 1. The van der Waals surface area contributed by atoms with E-state index in [-0.39, 0.29) is 18.8 Å². The van der Waals surface area contributed by atoms with Crippen LogP contribution in [0.3, 0.4) is 0 Å². The topological polar surface area (TPSA) is 72.5 Å². The lowest BCUT2D eigenvalue weighted by molar-refractivity contribution is -0.145. The van der Waals surface area contributed by atoms with Crippen LogP contribution in [-0.2, 0) is 26.0 Å². The third-order valence-electron chi connectivity index (χ3n) is 3.01. The summed E-state index contributed by atoms with van der Waals surface area (Å²) < 4.78 is 31.4. The number of benzene rings is 1. The molecule has 0 spiro atoms. The summed E-state index contributed by atoms with van der Waals surface area (Å²) in [6.45, 7) is 3.79. The Bertz CT molecular complexity index is 572. The molecule has 1 atom stereocenters. The molecule has 0 unspecified atom stereocenters. The van der Waals surface area contributed by atoms with Crippen LogP contribution >= 0.6 is 11.6 Å². The van der Waals surface area contributed by atoms with Gasteiger partial charge < -0.3 is 4.74 Å². The highest BCUT2D eigenvalue weighted by Gasteiger charge is 2.25. The number of rotatable bonds is 9. The molecule has 0 radical (unpaired) electrons. The fourth-order valence-electron chi connectivity index (χ4n) is 1.88. The van der Waals surface area contributed by atoms with E-state index in [4.69, 9.17) is 16.3 Å². The maximum atomic E-state index is 12.0. The SMILES string of the molecule is CCCCS(=O)(=O)N[C@@H](Cc1ccc(Cl)cc1)C(=O)OCC. The fraction of sp³-hybridized carbons (Fsp3) is 0.533. The summed E-state index contributed by atoms with van der Waals surface area (Å²) in [5.74, 6) is -0.572. The molecule has 0 aromatic heterocycles. The van der Waals surface area contributed by atoms with Crippen molar-refractivity contribution in [3.63, 3.8) is 0 Å². The van der Waals surface area contributed by atoms with E-state index in [1.807, 2.05) is 6.92 Å². The highest BCUT2D eigenvalue weighted by Crippen LogP contribution is 2.12.